The standard InChI is InChI=1S/C17H18FIN2O2/c1-21(10-11-23-16-5-3-2-4-15(16)18)12-17(22)20-14-8-6-13(19)7-9-14/h2-9H,10-12H2,1H3,(H,20,22). The second-order valence-corrected chi connectivity index (χ2v) is 6.32. The first-order valence-electron chi connectivity index (χ1n) is 7.16. The highest BCUT2D eigenvalue weighted by Gasteiger charge is 2.08. The molecule has 4 nitrogen and oxygen atoms in total. The largest absolute Gasteiger partial charge is 0.489 e. The van der Waals surface area contributed by atoms with Gasteiger partial charge in [0, 0.05) is 15.8 Å². The fraction of sp³-hybridized carbons (Fsp3) is 0.235. The predicted octanol–water partition coefficient (Wildman–Crippen LogP) is 3.38. The molecule has 0 aliphatic heterocycles. The number of rotatable bonds is 7. The predicted molar refractivity (Wildman–Crippen MR) is 97.2 cm³/mol. The maximum atomic E-state index is 13.4. The molecule has 0 bridgehead atoms. The average Bonchev–Trinajstić information content (AvgIpc) is 2.51. The van der Waals surface area contributed by atoms with E-state index in [1.54, 1.807) is 18.2 Å². The molecule has 2 rings (SSSR count). The van der Waals surface area contributed by atoms with Gasteiger partial charge in [-0.2, -0.15) is 0 Å². The van der Waals surface area contributed by atoms with Crippen molar-refractivity contribution in [1.29, 1.82) is 0 Å². The van der Waals surface area contributed by atoms with Crippen molar-refractivity contribution in [2.24, 2.45) is 0 Å². The van der Waals surface area contributed by atoms with Gasteiger partial charge in [-0.3, -0.25) is 9.69 Å². The molecule has 0 aliphatic carbocycles. The van der Waals surface area contributed by atoms with E-state index >= 15 is 0 Å². The van der Waals surface area contributed by atoms with Crippen LogP contribution in [0.3, 0.4) is 0 Å². The second kappa shape index (κ2) is 8.83. The van der Waals surface area contributed by atoms with E-state index in [1.165, 1.54) is 6.07 Å². The average molecular weight is 428 g/mol. The zero-order valence-electron chi connectivity index (χ0n) is 12.8. The molecule has 0 heterocycles. The van der Waals surface area contributed by atoms with Crippen molar-refractivity contribution in [2.75, 3.05) is 32.1 Å². The van der Waals surface area contributed by atoms with Crippen LogP contribution in [0.5, 0.6) is 5.75 Å². The molecule has 122 valence electrons. The lowest BCUT2D eigenvalue weighted by Crippen LogP contribution is -2.33. The molecule has 23 heavy (non-hydrogen) atoms. The maximum Gasteiger partial charge on any atom is 0.238 e. The summed E-state index contributed by atoms with van der Waals surface area (Å²) in [6, 6.07) is 13.9. The number of benzene rings is 2. The molecule has 0 radical (unpaired) electrons. The number of amides is 1. The van der Waals surface area contributed by atoms with E-state index in [2.05, 4.69) is 27.9 Å². The molecule has 0 unspecified atom stereocenters. The Hall–Kier alpha value is -1.67. The fourth-order valence-electron chi connectivity index (χ4n) is 1.93. The number of hydrogen-bond acceptors (Lipinski definition) is 3. The molecule has 1 amide bonds. The zero-order valence-corrected chi connectivity index (χ0v) is 14.9. The minimum atomic E-state index is -0.383. The number of halogens is 2. The summed E-state index contributed by atoms with van der Waals surface area (Å²) < 4.78 is 19.9. The third-order valence-corrected chi connectivity index (χ3v) is 3.83. The normalized spacial score (nSPS) is 10.6. The van der Waals surface area contributed by atoms with Gasteiger partial charge in [-0.15, -0.1) is 0 Å². The van der Waals surface area contributed by atoms with Gasteiger partial charge in [-0.1, -0.05) is 12.1 Å². The minimum Gasteiger partial charge on any atom is -0.489 e. The Morgan fingerprint density at radius 1 is 1.22 bits per heavy atom. The van der Waals surface area contributed by atoms with Gasteiger partial charge >= 0.3 is 0 Å². The minimum absolute atomic E-state index is 0.0976. The molecule has 0 saturated heterocycles. The first-order valence-corrected chi connectivity index (χ1v) is 8.24. The van der Waals surface area contributed by atoms with Crippen molar-refractivity contribution in [3.05, 3.63) is 57.9 Å². The Morgan fingerprint density at radius 3 is 2.61 bits per heavy atom. The van der Waals surface area contributed by atoms with Crippen LogP contribution in [0.25, 0.3) is 0 Å². The Kier molecular flexibility index (Phi) is 6.79. The molecule has 0 aromatic heterocycles. The van der Waals surface area contributed by atoms with Gasteiger partial charge < -0.3 is 10.1 Å². The van der Waals surface area contributed by atoms with Gasteiger partial charge in [0.1, 0.15) is 6.61 Å². The molecule has 0 saturated carbocycles. The van der Waals surface area contributed by atoms with E-state index < -0.39 is 0 Å². The molecule has 0 atom stereocenters. The number of anilines is 1. The second-order valence-electron chi connectivity index (χ2n) is 5.07. The van der Waals surface area contributed by atoms with Gasteiger partial charge in [0.05, 0.1) is 6.54 Å². The Labute approximate surface area is 148 Å². The van der Waals surface area contributed by atoms with Crippen molar-refractivity contribution >= 4 is 34.2 Å². The summed E-state index contributed by atoms with van der Waals surface area (Å²) in [7, 11) is 1.82. The Morgan fingerprint density at radius 2 is 1.91 bits per heavy atom. The van der Waals surface area contributed by atoms with Gasteiger partial charge in [0.25, 0.3) is 0 Å². The van der Waals surface area contributed by atoms with Crippen LogP contribution < -0.4 is 10.1 Å². The topological polar surface area (TPSA) is 41.6 Å². The summed E-state index contributed by atoms with van der Waals surface area (Å²) >= 11 is 2.21. The number of nitrogens with one attached hydrogen (secondary N) is 1. The van der Waals surface area contributed by atoms with Gasteiger partial charge in [0.2, 0.25) is 5.91 Å². The van der Waals surface area contributed by atoms with Crippen LogP contribution in [0.2, 0.25) is 0 Å². The van der Waals surface area contributed by atoms with Crippen molar-refractivity contribution in [1.82, 2.24) is 4.90 Å². The van der Waals surface area contributed by atoms with Crippen LogP contribution in [0.15, 0.2) is 48.5 Å². The molecular formula is C17H18FIN2O2. The van der Waals surface area contributed by atoms with Crippen molar-refractivity contribution < 1.29 is 13.9 Å². The quantitative estimate of drug-likeness (QED) is 0.688. The first kappa shape index (κ1) is 17.7. The van der Waals surface area contributed by atoms with Crippen LogP contribution in [-0.2, 0) is 4.79 Å². The third-order valence-electron chi connectivity index (χ3n) is 3.11. The summed E-state index contributed by atoms with van der Waals surface area (Å²) in [5.74, 6) is -0.254. The molecule has 0 fully saturated rings. The molecule has 0 aliphatic rings. The van der Waals surface area contributed by atoms with Crippen LogP contribution in [0.4, 0.5) is 10.1 Å². The number of likely N-dealkylation sites (N-methyl/N-ethyl adjacent to an activating group) is 1. The monoisotopic (exact) mass is 428 g/mol. The summed E-state index contributed by atoms with van der Waals surface area (Å²) in [6.45, 7) is 1.08. The number of hydrogen-bond donors (Lipinski definition) is 1. The van der Waals surface area contributed by atoms with Crippen molar-refractivity contribution in [2.45, 2.75) is 0 Å². The van der Waals surface area contributed by atoms with Crippen LogP contribution >= 0.6 is 22.6 Å². The van der Waals surface area contributed by atoms with Crippen LogP contribution in [0, 0.1) is 9.39 Å². The molecular weight excluding hydrogens is 410 g/mol. The van der Waals surface area contributed by atoms with Crippen molar-refractivity contribution in [3.63, 3.8) is 0 Å². The van der Waals surface area contributed by atoms with Crippen LogP contribution in [0.1, 0.15) is 0 Å². The Bertz CT molecular complexity index is 649. The lowest BCUT2D eigenvalue weighted by molar-refractivity contribution is -0.117. The third kappa shape index (κ3) is 6.15. The van der Waals surface area contributed by atoms with E-state index in [1.807, 2.05) is 36.2 Å². The van der Waals surface area contributed by atoms with Gasteiger partial charge in [-0.05, 0) is 66.0 Å². The maximum absolute atomic E-state index is 13.4. The SMILES string of the molecule is CN(CCOc1ccccc1F)CC(=O)Nc1ccc(I)cc1. The summed E-state index contributed by atoms with van der Waals surface area (Å²) in [5, 5.41) is 2.83. The summed E-state index contributed by atoms with van der Waals surface area (Å²) in [4.78, 5) is 13.8. The highest BCUT2D eigenvalue weighted by molar-refractivity contribution is 14.1. The van der Waals surface area contributed by atoms with E-state index in [-0.39, 0.29) is 24.0 Å². The van der Waals surface area contributed by atoms with E-state index in [4.69, 9.17) is 4.74 Å². The highest BCUT2D eigenvalue weighted by Crippen LogP contribution is 2.15. The van der Waals surface area contributed by atoms with E-state index in [0.29, 0.717) is 13.2 Å². The smallest absolute Gasteiger partial charge is 0.238 e. The molecule has 2 aromatic rings. The summed E-state index contributed by atoms with van der Waals surface area (Å²) in [6.07, 6.45) is 0. The number of carbonyl (C=O) groups excluding carboxylic acids is 1. The molecule has 0 spiro atoms. The Balaban J connectivity index is 1.71. The number of carbonyl (C=O) groups is 1. The first-order chi connectivity index (χ1) is 11.0. The van der Waals surface area contributed by atoms with E-state index in [9.17, 15) is 9.18 Å². The van der Waals surface area contributed by atoms with Gasteiger partial charge in [-0.25, -0.2) is 4.39 Å². The van der Waals surface area contributed by atoms with Crippen LogP contribution in [-0.4, -0.2) is 37.6 Å². The lowest BCUT2D eigenvalue weighted by atomic mass is 10.3. The molecule has 2 aromatic carbocycles. The summed E-state index contributed by atoms with van der Waals surface area (Å²) in [5.41, 5.74) is 0.770. The number of ether oxygens (including phenoxy) is 1. The number of para-hydroxylation sites is 1. The molecule has 6 heteroatoms. The van der Waals surface area contributed by atoms with Crippen molar-refractivity contribution in [3.8, 4) is 5.75 Å². The fourth-order valence-corrected chi connectivity index (χ4v) is 2.29. The highest BCUT2D eigenvalue weighted by atomic mass is 127. The van der Waals surface area contributed by atoms with E-state index in [0.717, 1.165) is 9.26 Å². The molecule has 1 N–H and O–H groups in total. The zero-order chi connectivity index (χ0) is 16.7. The lowest BCUT2D eigenvalue weighted by Gasteiger charge is -2.16. The number of nitrogens with zero attached hydrogens (tertiary/aromatic N) is 1. The van der Waals surface area contributed by atoms with Gasteiger partial charge in [0.15, 0.2) is 11.6 Å².